The van der Waals surface area contributed by atoms with Crippen molar-refractivity contribution in [3.8, 4) is 11.8 Å². The van der Waals surface area contributed by atoms with Crippen LogP contribution in [0.3, 0.4) is 0 Å². The van der Waals surface area contributed by atoms with Gasteiger partial charge in [0.15, 0.2) is 0 Å². The number of aryl methyl sites for hydroxylation is 1. The molecule has 6 heteroatoms. The molecule has 2 rings (SSSR count). The second-order valence-corrected chi connectivity index (χ2v) is 4.29. The highest BCUT2D eigenvalue weighted by molar-refractivity contribution is 5.38. The van der Waals surface area contributed by atoms with E-state index >= 15 is 0 Å². The van der Waals surface area contributed by atoms with Gasteiger partial charge in [-0.05, 0) is 30.2 Å². The Hall–Kier alpha value is -2.21. The summed E-state index contributed by atoms with van der Waals surface area (Å²) in [5, 5.41) is 0. The van der Waals surface area contributed by atoms with Crippen molar-refractivity contribution < 1.29 is 13.9 Å². The van der Waals surface area contributed by atoms with Gasteiger partial charge in [-0.15, -0.1) is 0 Å². The average Bonchev–Trinajstić information content (AvgIpc) is 2.48. The van der Waals surface area contributed by atoms with Crippen molar-refractivity contribution in [1.82, 2.24) is 9.97 Å². The Bertz CT molecular complexity index is 619. The molecule has 0 aliphatic rings. The largest absolute Gasteiger partial charge is 0.480 e. The van der Waals surface area contributed by atoms with E-state index in [1.54, 1.807) is 6.07 Å². The highest BCUT2D eigenvalue weighted by Gasteiger charge is 2.20. The van der Waals surface area contributed by atoms with Gasteiger partial charge in [-0.25, -0.2) is 9.37 Å². The van der Waals surface area contributed by atoms with Gasteiger partial charge < -0.3 is 15.2 Å². The lowest BCUT2D eigenvalue weighted by Crippen LogP contribution is -2.17. The van der Waals surface area contributed by atoms with Crippen molar-refractivity contribution in [2.45, 2.75) is 13.0 Å². The molecule has 5 nitrogen and oxygen atoms in total. The standard InChI is InChI=1S/C14H16FN3O2/c1-8-4-5-9(15)6-10(8)12(16)13-14(20-3)18-11(19-2)7-17-13/h4-7,12H,16H2,1-3H3. The molecule has 1 aromatic carbocycles. The summed E-state index contributed by atoms with van der Waals surface area (Å²) in [5.74, 6) is 0.246. The third kappa shape index (κ3) is 2.70. The zero-order valence-electron chi connectivity index (χ0n) is 11.6. The Morgan fingerprint density at radius 2 is 2.00 bits per heavy atom. The number of rotatable bonds is 4. The van der Waals surface area contributed by atoms with Gasteiger partial charge in [0.1, 0.15) is 11.5 Å². The fourth-order valence-electron chi connectivity index (χ4n) is 1.92. The van der Waals surface area contributed by atoms with Crippen LogP contribution in [0.25, 0.3) is 0 Å². The number of hydrogen-bond donors (Lipinski definition) is 1. The van der Waals surface area contributed by atoms with Gasteiger partial charge >= 0.3 is 0 Å². The Morgan fingerprint density at radius 1 is 1.25 bits per heavy atom. The van der Waals surface area contributed by atoms with Crippen LogP contribution in [0.15, 0.2) is 24.4 Å². The zero-order valence-corrected chi connectivity index (χ0v) is 11.6. The maximum atomic E-state index is 13.4. The van der Waals surface area contributed by atoms with E-state index in [-0.39, 0.29) is 11.7 Å². The van der Waals surface area contributed by atoms with Crippen LogP contribution in [-0.4, -0.2) is 24.2 Å². The molecule has 0 aliphatic carbocycles. The molecule has 0 bridgehead atoms. The Morgan fingerprint density at radius 3 is 2.65 bits per heavy atom. The summed E-state index contributed by atoms with van der Waals surface area (Å²) >= 11 is 0. The molecule has 0 fully saturated rings. The minimum atomic E-state index is -0.626. The van der Waals surface area contributed by atoms with E-state index in [2.05, 4.69) is 9.97 Å². The fraction of sp³-hybridized carbons (Fsp3) is 0.286. The zero-order chi connectivity index (χ0) is 14.7. The molecule has 1 aromatic heterocycles. The molecule has 1 heterocycles. The summed E-state index contributed by atoms with van der Waals surface area (Å²) in [6.07, 6.45) is 1.45. The van der Waals surface area contributed by atoms with Crippen molar-refractivity contribution >= 4 is 0 Å². The lowest BCUT2D eigenvalue weighted by Gasteiger charge is -2.16. The van der Waals surface area contributed by atoms with Gasteiger partial charge in [0.05, 0.1) is 26.5 Å². The first-order chi connectivity index (χ1) is 9.56. The van der Waals surface area contributed by atoms with Crippen LogP contribution in [0.1, 0.15) is 22.9 Å². The molecule has 1 unspecified atom stereocenters. The van der Waals surface area contributed by atoms with Crippen LogP contribution in [0, 0.1) is 12.7 Å². The van der Waals surface area contributed by atoms with Gasteiger partial charge in [-0.2, -0.15) is 4.98 Å². The van der Waals surface area contributed by atoms with Crippen molar-refractivity contribution in [2.24, 2.45) is 5.73 Å². The number of nitrogens with zero attached hydrogens (tertiary/aromatic N) is 2. The van der Waals surface area contributed by atoms with Crippen LogP contribution in [0.5, 0.6) is 11.8 Å². The molecule has 2 N–H and O–H groups in total. The number of methoxy groups -OCH3 is 2. The van der Waals surface area contributed by atoms with Crippen molar-refractivity contribution in [3.63, 3.8) is 0 Å². The van der Waals surface area contributed by atoms with E-state index in [1.807, 2.05) is 6.92 Å². The molecular formula is C14H16FN3O2. The molecule has 2 aromatic rings. The average molecular weight is 277 g/mol. The summed E-state index contributed by atoms with van der Waals surface area (Å²) in [7, 11) is 2.96. The lowest BCUT2D eigenvalue weighted by atomic mass is 9.99. The maximum Gasteiger partial charge on any atom is 0.240 e. The second-order valence-electron chi connectivity index (χ2n) is 4.29. The smallest absolute Gasteiger partial charge is 0.240 e. The SMILES string of the molecule is COc1cnc(C(N)c2cc(F)ccc2C)c(OC)n1. The summed E-state index contributed by atoms with van der Waals surface area (Å²) in [6.45, 7) is 1.86. The van der Waals surface area contributed by atoms with Crippen LogP contribution < -0.4 is 15.2 Å². The summed E-state index contributed by atoms with van der Waals surface area (Å²) in [4.78, 5) is 8.34. The molecule has 106 valence electrons. The maximum absolute atomic E-state index is 13.4. The van der Waals surface area contributed by atoms with Gasteiger partial charge in [-0.3, -0.25) is 0 Å². The van der Waals surface area contributed by atoms with Crippen molar-refractivity contribution in [1.29, 1.82) is 0 Å². The molecule has 0 aliphatic heterocycles. The van der Waals surface area contributed by atoms with Crippen molar-refractivity contribution in [2.75, 3.05) is 14.2 Å². The second kappa shape index (κ2) is 5.83. The first-order valence-corrected chi connectivity index (χ1v) is 6.03. The van der Waals surface area contributed by atoms with Crippen LogP contribution in [0.4, 0.5) is 4.39 Å². The van der Waals surface area contributed by atoms with E-state index in [0.717, 1.165) is 5.56 Å². The third-order valence-corrected chi connectivity index (χ3v) is 3.02. The topological polar surface area (TPSA) is 70.3 Å². The molecule has 0 saturated carbocycles. The molecule has 1 atom stereocenters. The number of halogens is 1. The minimum Gasteiger partial charge on any atom is -0.480 e. The van der Waals surface area contributed by atoms with Gasteiger partial charge in [0, 0.05) is 0 Å². The fourth-order valence-corrected chi connectivity index (χ4v) is 1.92. The number of nitrogens with two attached hydrogens (primary N) is 1. The van der Waals surface area contributed by atoms with Crippen molar-refractivity contribution in [3.05, 3.63) is 47.0 Å². The molecule has 0 spiro atoms. The first-order valence-electron chi connectivity index (χ1n) is 6.03. The van der Waals surface area contributed by atoms with E-state index in [0.29, 0.717) is 17.1 Å². The first kappa shape index (κ1) is 14.2. The third-order valence-electron chi connectivity index (χ3n) is 3.02. The minimum absolute atomic E-state index is 0.264. The summed E-state index contributed by atoms with van der Waals surface area (Å²) in [6, 6.07) is 3.83. The quantitative estimate of drug-likeness (QED) is 0.925. The highest BCUT2D eigenvalue weighted by Crippen LogP contribution is 2.28. The number of benzene rings is 1. The molecule has 0 amide bonds. The van der Waals surface area contributed by atoms with E-state index in [9.17, 15) is 4.39 Å². The van der Waals surface area contributed by atoms with E-state index < -0.39 is 6.04 Å². The van der Waals surface area contributed by atoms with Crippen LogP contribution in [-0.2, 0) is 0 Å². The van der Waals surface area contributed by atoms with Crippen LogP contribution >= 0.6 is 0 Å². The molecular weight excluding hydrogens is 261 g/mol. The van der Waals surface area contributed by atoms with Gasteiger partial charge in [-0.1, -0.05) is 6.07 Å². The van der Waals surface area contributed by atoms with Gasteiger partial charge in [0.2, 0.25) is 11.8 Å². The normalized spacial score (nSPS) is 12.1. The number of ether oxygens (including phenoxy) is 2. The van der Waals surface area contributed by atoms with Crippen LogP contribution in [0.2, 0.25) is 0 Å². The molecule has 20 heavy (non-hydrogen) atoms. The lowest BCUT2D eigenvalue weighted by molar-refractivity contribution is 0.355. The van der Waals surface area contributed by atoms with E-state index in [4.69, 9.17) is 15.2 Å². The number of hydrogen-bond acceptors (Lipinski definition) is 5. The Balaban J connectivity index is 2.47. The highest BCUT2D eigenvalue weighted by atomic mass is 19.1. The number of aromatic nitrogens is 2. The molecule has 0 radical (unpaired) electrons. The van der Waals surface area contributed by atoms with E-state index in [1.165, 1.54) is 32.5 Å². The van der Waals surface area contributed by atoms with Gasteiger partial charge in [0.25, 0.3) is 0 Å². The predicted octanol–water partition coefficient (Wildman–Crippen LogP) is 1.99. The monoisotopic (exact) mass is 277 g/mol. The molecule has 0 saturated heterocycles. The predicted molar refractivity (Wildman–Crippen MR) is 72.3 cm³/mol. The summed E-state index contributed by atoms with van der Waals surface area (Å²) < 4.78 is 23.5. The Labute approximate surface area is 116 Å². The summed E-state index contributed by atoms with van der Waals surface area (Å²) in [5.41, 5.74) is 8.11. The Kier molecular flexibility index (Phi) is 4.14.